The van der Waals surface area contributed by atoms with Crippen LogP contribution in [0.1, 0.15) is 43.7 Å². The van der Waals surface area contributed by atoms with E-state index in [0.29, 0.717) is 6.42 Å². The van der Waals surface area contributed by atoms with E-state index in [-0.39, 0.29) is 29.2 Å². The molecule has 0 unspecified atom stereocenters. The minimum Gasteiger partial charge on any atom is -0.493 e. The molecule has 0 saturated heterocycles. The first-order chi connectivity index (χ1) is 15.7. The highest BCUT2D eigenvalue weighted by atomic mass is 16.7. The van der Waals surface area contributed by atoms with Crippen molar-refractivity contribution < 1.29 is 33.3 Å². The number of ether oxygens (including phenoxy) is 4. The van der Waals surface area contributed by atoms with E-state index in [9.17, 15) is 14.4 Å². The van der Waals surface area contributed by atoms with Crippen LogP contribution in [0.4, 0.5) is 0 Å². The summed E-state index contributed by atoms with van der Waals surface area (Å²) in [6.45, 7) is 6.20. The van der Waals surface area contributed by atoms with Gasteiger partial charge in [-0.05, 0) is 18.4 Å². The third-order valence-corrected chi connectivity index (χ3v) is 4.66. The van der Waals surface area contributed by atoms with Crippen LogP contribution in [0, 0.1) is 5.92 Å². The number of benzene rings is 1. The number of hydrogen-bond acceptors (Lipinski definition) is 8. The Kier molecular flexibility index (Phi) is 9.65. The van der Waals surface area contributed by atoms with E-state index in [2.05, 4.69) is 10.3 Å². The number of carbonyl (C=O) groups excluding carboxylic acids is 3. The zero-order valence-corrected chi connectivity index (χ0v) is 19.5. The fourth-order valence-electron chi connectivity index (χ4n) is 3.03. The number of nitrogens with one attached hydrogen (secondary N) is 1. The summed E-state index contributed by atoms with van der Waals surface area (Å²) in [6, 6.07) is 10.3. The molecule has 0 aliphatic heterocycles. The molecule has 0 aliphatic carbocycles. The van der Waals surface area contributed by atoms with Crippen LogP contribution in [0.3, 0.4) is 0 Å². The number of rotatable bonds is 11. The molecule has 0 spiro atoms. The van der Waals surface area contributed by atoms with Crippen molar-refractivity contribution in [2.45, 2.75) is 46.3 Å². The van der Waals surface area contributed by atoms with Crippen molar-refractivity contribution in [2.24, 2.45) is 5.92 Å². The molecule has 0 bridgehead atoms. The number of methoxy groups -OCH3 is 1. The van der Waals surface area contributed by atoms with Crippen LogP contribution < -0.4 is 14.8 Å². The summed E-state index contributed by atoms with van der Waals surface area (Å²) in [6.07, 6.45) is 1.55. The molecule has 33 heavy (non-hydrogen) atoms. The smallest absolute Gasteiger partial charge is 0.329 e. The molecule has 0 radical (unpaired) electrons. The Morgan fingerprint density at radius 3 is 2.36 bits per heavy atom. The number of amides is 1. The monoisotopic (exact) mass is 458 g/mol. The van der Waals surface area contributed by atoms with Crippen LogP contribution in [0.5, 0.6) is 11.5 Å². The van der Waals surface area contributed by atoms with Gasteiger partial charge in [0.25, 0.3) is 5.91 Å². The maximum atomic E-state index is 13.0. The Bertz CT molecular complexity index is 947. The lowest BCUT2D eigenvalue weighted by molar-refractivity contribution is -0.152. The molecule has 9 nitrogen and oxygen atoms in total. The van der Waals surface area contributed by atoms with Crippen LogP contribution in [-0.2, 0) is 25.5 Å². The summed E-state index contributed by atoms with van der Waals surface area (Å²) in [5.41, 5.74) is 0.926. The Hall–Kier alpha value is -3.62. The highest BCUT2D eigenvalue weighted by molar-refractivity contribution is 5.98. The van der Waals surface area contributed by atoms with Gasteiger partial charge >= 0.3 is 11.9 Å². The molecule has 0 fully saturated rings. The van der Waals surface area contributed by atoms with Crippen molar-refractivity contribution in [3.8, 4) is 11.5 Å². The van der Waals surface area contributed by atoms with Crippen molar-refractivity contribution in [3.05, 3.63) is 53.9 Å². The van der Waals surface area contributed by atoms with E-state index < -0.39 is 30.7 Å². The van der Waals surface area contributed by atoms with E-state index in [1.807, 2.05) is 30.3 Å². The maximum absolute atomic E-state index is 13.0. The van der Waals surface area contributed by atoms with E-state index in [4.69, 9.17) is 18.9 Å². The summed E-state index contributed by atoms with van der Waals surface area (Å²) in [5, 5.41) is 2.67. The first-order valence-corrected chi connectivity index (χ1v) is 10.6. The lowest BCUT2D eigenvalue weighted by Gasteiger charge is -2.23. The van der Waals surface area contributed by atoms with Crippen molar-refractivity contribution in [2.75, 3.05) is 13.9 Å². The average molecular weight is 459 g/mol. The summed E-state index contributed by atoms with van der Waals surface area (Å²) in [4.78, 5) is 40.9. The molecule has 0 saturated carbocycles. The van der Waals surface area contributed by atoms with E-state index in [1.54, 1.807) is 20.8 Å². The molecule has 1 heterocycles. The number of hydrogen-bond donors (Lipinski definition) is 1. The zero-order valence-electron chi connectivity index (χ0n) is 19.5. The Labute approximate surface area is 193 Å². The van der Waals surface area contributed by atoms with Gasteiger partial charge in [-0.25, -0.2) is 9.78 Å². The van der Waals surface area contributed by atoms with Gasteiger partial charge in [0.15, 0.2) is 17.2 Å². The minimum absolute atomic E-state index is 0.00734. The fourth-order valence-corrected chi connectivity index (χ4v) is 3.03. The fraction of sp³-hybridized carbons (Fsp3) is 0.417. The highest BCUT2D eigenvalue weighted by Gasteiger charge is 2.30. The van der Waals surface area contributed by atoms with E-state index in [1.165, 1.54) is 26.3 Å². The van der Waals surface area contributed by atoms with E-state index >= 15 is 0 Å². The second-order valence-corrected chi connectivity index (χ2v) is 7.72. The molecule has 1 aromatic carbocycles. The van der Waals surface area contributed by atoms with Gasteiger partial charge in [0.2, 0.25) is 6.79 Å². The van der Waals surface area contributed by atoms with Crippen LogP contribution >= 0.6 is 0 Å². The topological polar surface area (TPSA) is 113 Å². The molecular formula is C24H30N2O7. The SMILES string of the molecule is COc1ccnc(C(=O)N[C@H](C(=O)O[C@@H](C)Cc2ccccc2)C(C)C)c1OCOC(C)=O. The summed E-state index contributed by atoms with van der Waals surface area (Å²) in [5.74, 6) is -1.78. The van der Waals surface area contributed by atoms with Gasteiger partial charge in [-0.3, -0.25) is 9.59 Å². The zero-order chi connectivity index (χ0) is 24.4. The van der Waals surface area contributed by atoms with Gasteiger partial charge in [-0.15, -0.1) is 0 Å². The van der Waals surface area contributed by atoms with Gasteiger partial charge in [0.1, 0.15) is 12.1 Å². The minimum atomic E-state index is -0.912. The summed E-state index contributed by atoms with van der Waals surface area (Å²) in [7, 11) is 1.40. The molecule has 0 aliphatic rings. The molecule has 1 amide bonds. The third-order valence-electron chi connectivity index (χ3n) is 4.66. The molecule has 2 atom stereocenters. The Morgan fingerprint density at radius 2 is 1.76 bits per heavy atom. The Balaban J connectivity index is 2.12. The normalized spacial score (nSPS) is 12.4. The van der Waals surface area contributed by atoms with Crippen molar-refractivity contribution in [1.82, 2.24) is 10.3 Å². The molecule has 1 N–H and O–H groups in total. The average Bonchev–Trinajstić information content (AvgIpc) is 2.77. The number of esters is 2. The van der Waals surface area contributed by atoms with Crippen LogP contribution in [0.25, 0.3) is 0 Å². The van der Waals surface area contributed by atoms with Gasteiger partial charge in [0.05, 0.1) is 7.11 Å². The van der Waals surface area contributed by atoms with Gasteiger partial charge in [0, 0.05) is 25.6 Å². The Morgan fingerprint density at radius 1 is 1.06 bits per heavy atom. The van der Waals surface area contributed by atoms with Gasteiger partial charge in [-0.1, -0.05) is 44.2 Å². The van der Waals surface area contributed by atoms with Crippen LogP contribution in [-0.4, -0.2) is 48.9 Å². The number of pyridine rings is 1. The van der Waals surface area contributed by atoms with E-state index in [0.717, 1.165) is 5.56 Å². The molecule has 178 valence electrons. The largest absolute Gasteiger partial charge is 0.493 e. The number of aromatic nitrogens is 1. The predicted molar refractivity (Wildman–Crippen MR) is 120 cm³/mol. The lowest BCUT2D eigenvalue weighted by Crippen LogP contribution is -2.46. The third kappa shape index (κ3) is 7.78. The first kappa shape index (κ1) is 25.6. The lowest BCUT2D eigenvalue weighted by atomic mass is 10.0. The molecule has 9 heteroatoms. The maximum Gasteiger partial charge on any atom is 0.329 e. The second kappa shape index (κ2) is 12.4. The second-order valence-electron chi connectivity index (χ2n) is 7.72. The molecule has 2 aromatic rings. The predicted octanol–water partition coefficient (Wildman–Crippen LogP) is 2.92. The molecular weight excluding hydrogens is 428 g/mol. The quantitative estimate of drug-likeness (QED) is 0.404. The van der Waals surface area contributed by atoms with Crippen molar-refractivity contribution in [1.29, 1.82) is 0 Å². The number of carbonyl (C=O) groups is 3. The van der Waals surface area contributed by atoms with Crippen LogP contribution in [0.15, 0.2) is 42.6 Å². The van der Waals surface area contributed by atoms with Crippen molar-refractivity contribution >= 4 is 17.8 Å². The summed E-state index contributed by atoms with van der Waals surface area (Å²) >= 11 is 0. The number of nitrogens with zero attached hydrogens (tertiary/aromatic N) is 1. The molecule has 2 rings (SSSR count). The highest BCUT2D eigenvalue weighted by Crippen LogP contribution is 2.29. The summed E-state index contributed by atoms with van der Waals surface area (Å²) < 4.78 is 21.0. The van der Waals surface area contributed by atoms with Crippen LogP contribution in [0.2, 0.25) is 0 Å². The van der Waals surface area contributed by atoms with Gasteiger partial charge < -0.3 is 24.3 Å². The van der Waals surface area contributed by atoms with Crippen molar-refractivity contribution in [3.63, 3.8) is 0 Å². The first-order valence-electron chi connectivity index (χ1n) is 10.6. The van der Waals surface area contributed by atoms with Gasteiger partial charge in [-0.2, -0.15) is 0 Å². The standard InChI is InChI=1S/C24H30N2O7/c1-15(2)20(24(29)33-16(3)13-18-9-7-6-8-10-18)26-23(28)21-22(32-14-31-17(4)27)19(30-5)11-12-25-21/h6-12,15-16,20H,13-14H2,1-5H3,(H,26,28)/t16-,20-/m0/s1. The molecule has 1 aromatic heterocycles.